The topological polar surface area (TPSA) is 94.5 Å². The van der Waals surface area contributed by atoms with Gasteiger partial charge in [0, 0.05) is 19.1 Å². The molecule has 0 bridgehead atoms. The van der Waals surface area contributed by atoms with Crippen molar-refractivity contribution in [1.29, 1.82) is 5.26 Å². The molecule has 1 aromatic carbocycles. The summed E-state index contributed by atoms with van der Waals surface area (Å²) in [4.78, 5) is 25.5. The number of piperidine rings is 1. The molecule has 0 aliphatic carbocycles. The Morgan fingerprint density at radius 2 is 1.96 bits per heavy atom. The van der Waals surface area contributed by atoms with Crippen molar-refractivity contribution in [3.05, 3.63) is 35.4 Å². The quantitative estimate of drug-likeness (QED) is 0.877. The van der Waals surface area contributed by atoms with Gasteiger partial charge in [-0.3, -0.25) is 0 Å². The molecule has 1 aromatic rings. The fraction of sp³-hybridized carbons (Fsp3) is 0.500. The molecule has 2 N–H and O–H groups in total. The number of hydrogen-bond acceptors (Lipinski definition) is 4. The van der Waals surface area contributed by atoms with Gasteiger partial charge < -0.3 is 20.3 Å². The van der Waals surface area contributed by atoms with Crippen LogP contribution in [0.25, 0.3) is 0 Å². The maximum absolute atomic E-state index is 12.2. The van der Waals surface area contributed by atoms with Crippen LogP contribution >= 0.6 is 0 Å². The van der Waals surface area contributed by atoms with E-state index in [1.807, 2.05) is 19.1 Å². The standard InChI is InChI=1S/C18H24N4O3/c1-3-25-18(24)22-10-8-16(9-11-22)21-17(23)20-13(2)15-6-4-14(12-19)5-7-15/h4-7,13,16H,3,8-11H2,1-2H3,(H2,20,21,23). The number of nitrogens with zero attached hydrogens (tertiary/aromatic N) is 2. The second-order valence-electron chi connectivity index (χ2n) is 6.03. The zero-order valence-electron chi connectivity index (χ0n) is 14.6. The maximum atomic E-state index is 12.2. The fourth-order valence-corrected chi connectivity index (χ4v) is 2.77. The highest BCUT2D eigenvalue weighted by molar-refractivity contribution is 5.75. The van der Waals surface area contributed by atoms with E-state index in [0.717, 1.165) is 5.56 Å². The smallest absolute Gasteiger partial charge is 0.409 e. The number of benzene rings is 1. The van der Waals surface area contributed by atoms with E-state index in [4.69, 9.17) is 10.00 Å². The third-order valence-electron chi connectivity index (χ3n) is 4.24. The number of amides is 3. The summed E-state index contributed by atoms with van der Waals surface area (Å²) in [6, 6.07) is 8.86. The number of urea groups is 1. The Morgan fingerprint density at radius 3 is 2.52 bits per heavy atom. The lowest BCUT2D eigenvalue weighted by Gasteiger charge is -2.31. The highest BCUT2D eigenvalue weighted by atomic mass is 16.6. The Bertz CT molecular complexity index is 631. The highest BCUT2D eigenvalue weighted by Gasteiger charge is 2.24. The summed E-state index contributed by atoms with van der Waals surface area (Å²) in [6.07, 6.45) is 1.12. The minimum atomic E-state index is -0.292. The van der Waals surface area contributed by atoms with Crippen molar-refractivity contribution in [3.63, 3.8) is 0 Å². The van der Waals surface area contributed by atoms with Crippen molar-refractivity contribution in [1.82, 2.24) is 15.5 Å². The molecule has 1 aliphatic heterocycles. The Hall–Kier alpha value is -2.75. The molecule has 25 heavy (non-hydrogen) atoms. The Morgan fingerprint density at radius 1 is 1.32 bits per heavy atom. The van der Waals surface area contributed by atoms with Gasteiger partial charge in [-0.2, -0.15) is 5.26 Å². The molecule has 7 nitrogen and oxygen atoms in total. The Labute approximate surface area is 147 Å². The van der Waals surface area contributed by atoms with Gasteiger partial charge in [-0.05, 0) is 44.4 Å². The van der Waals surface area contributed by atoms with Gasteiger partial charge in [-0.25, -0.2) is 9.59 Å². The lowest BCUT2D eigenvalue weighted by molar-refractivity contribution is 0.0957. The number of nitriles is 1. The maximum Gasteiger partial charge on any atom is 0.409 e. The molecule has 1 atom stereocenters. The molecule has 134 valence electrons. The predicted molar refractivity (Wildman–Crippen MR) is 92.9 cm³/mol. The van der Waals surface area contributed by atoms with Crippen LogP contribution in [0.15, 0.2) is 24.3 Å². The van der Waals surface area contributed by atoms with E-state index in [1.54, 1.807) is 24.0 Å². The van der Waals surface area contributed by atoms with Gasteiger partial charge in [-0.15, -0.1) is 0 Å². The Balaban J connectivity index is 1.77. The van der Waals surface area contributed by atoms with E-state index < -0.39 is 0 Å². The van der Waals surface area contributed by atoms with Gasteiger partial charge in [0.05, 0.1) is 24.3 Å². The SMILES string of the molecule is CCOC(=O)N1CCC(NC(=O)NC(C)c2ccc(C#N)cc2)CC1. The molecule has 1 unspecified atom stereocenters. The molecule has 3 amide bonds. The van der Waals surface area contributed by atoms with E-state index in [-0.39, 0.29) is 24.2 Å². The van der Waals surface area contributed by atoms with E-state index in [2.05, 4.69) is 16.7 Å². The van der Waals surface area contributed by atoms with Crippen molar-refractivity contribution in [3.8, 4) is 6.07 Å². The first-order valence-corrected chi connectivity index (χ1v) is 8.52. The van der Waals surface area contributed by atoms with Crippen LogP contribution in [0.1, 0.15) is 43.9 Å². The minimum absolute atomic E-state index is 0.0406. The number of likely N-dealkylation sites (tertiary alicyclic amines) is 1. The summed E-state index contributed by atoms with van der Waals surface area (Å²) in [5.74, 6) is 0. The number of ether oxygens (including phenoxy) is 1. The van der Waals surface area contributed by atoms with E-state index in [9.17, 15) is 9.59 Å². The molecule has 0 spiro atoms. The van der Waals surface area contributed by atoms with Crippen LogP contribution in [0.5, 0.6) is 0 Å². The van der Waals surface area contributed by atoms with Crippen LogP contribution in [0.4, 0.5) is 9.59 Å². The number of rotatable bonds is 4. The van der Waals surface area contributed by atoms with Gasteiger partial charge in [0.25, 0.3) is 0 Å². The summed E-state index contributed by atoms with van der Waals surface area (Å²) in [7, 11) is 0. The summed E-state index contributed by atoms with van der Waals surface area (Å²) in [5, 5.41) is 14.7. The third-order valence-corrected chi connectivity index (χ3v) is 4.24. The zero-order valence-corrected chi connectivity index (χ0v) is 14.6. The van der Waals surface area contributed by atoms with Gasteiger partial charge in [-0.1, -0.05) is 12.1 Å². The molecule has 1 saturated heterocycles. The van der Waals surface area contributed by atoms with Crippen LogP contribution in [0, 0.1) is 11.3 Å². The number of carbonyl (C=O) groups is 2. The number of carbonyl (C=O) groups excluding carboxylic acids is 2. The van der Waals surface area contributed by atoms with E-state index in [0.29, 0.717) is 38.1 Å². The van der Waals surface area contributed by atoms with E-state index in [1.165, 1.54) is 0 Å². The molecule has 0 aromatic heterocycles. The molecule has 2 rings (SSSR count). The van der Waals surface area contributed by atoms with Crippen LogP contribution in [0.2, 0.25) is 0 Å². The van der Waals surface area contributed by atoms with Crippen LogP contribution in [-0.4, -0.2) is 42.8 Å². The van der Waals surface area contributed by atoms with Crippen molar-refractivity contribution < 1.29 is 14.3 Å². The van der Waals surface area contributed by atoms with Crippen LogP contribution < -0.4 is 10.6 Å². The van der Waals surface area contributed by atoms with Crippen LogP contribution in [0.3, 0.4) is 0 Å². The normalized spacial score (nSPS) is 15.8. The average molecular weight is 344 g/mol. The second kappa shape index (κ2) is 8.92. The van der Waals surface area contributed by atoms with Gasteiger partial charge in [0.15, 0.2) is 0 Å². The minimum Gasteiger partial charge on any atom is -0.450 e. The monoisotopic (exact) mass is 344 g/mol. The molecule has 1 fully saturated rings. The first kappa shape index (κ1) is 18.6. The molecular formula is C18H24N4O3. The zero-order chi connectivity index (χ0) is 18.2. The predicted octanol–water partition coefficient (Wildman–Crippen LogP) is 2.54. The number of nitrogens with one attached hydrogen (secondary N) is 2. The lowest BCUT2D eigenvalue weighted by atomic mass is 10.1. The Kier molecular flexibility index (Phi) is 6.63. The van der Waals surface area contributed by atoms with Crippen molar-refractivity contribution in [2.75, 3.05) is 19.7 Å². The summed E-state index contributed by atoms with van der Waals surface area (Å²) < 4.78 is 4.98. The summed E-state index contributed by atoms with van der Waals surface area (Å²) in [6.45, 7) is 5.20. The number of hydrogen-bond donors (Lipinski definition) is 2. The third kappa shape index (κ3) is 5.38. The molecular weight excluding hydrogens is 320 g/mol. The van der Waals surface area contributed by atoms with Crippen LogP contribution in [-0.2, 0) is 4.74 Å². The van der Waals surface area contributed by atoms with Gasteiger partial charge in [0.1, 0.15) is 0 Å². The average Bonchev–Trinajstić information content (AvgIpc) is 2.62. The molecule has 7 heteroatoms. The molecule has 1 aliphatic rings. The summed E-state index contributed by atoms with van der Waals surface area (Å²) >= 11 is 0. The molecule has 0 saturated carbocycles. The van der Waals surface area contributed by atoms with Gasteiger partial charge >= 0.3 is 12.1 Å². The fourth-order valence-electron chi connectivity index (χ4n) is 2.77. The van der Waals surface area contributed by atoms with Crippen molar-refractivity contribution in [2.24, 2.45) is 0 Å². The summed E-state index contributed by atoms with van der Waals surface area (Å²) in [5.41, 5.74) is 1.53. The van der Waals surface area contributed by atoms with Crippen molar-refractivity contribution in [2.45, 2.75) is 38.8 Å². The highest BCUT2D eigenvalue weighted by Crippen LogP contribution is 2.14. The lowest BCUT2D eigenvalue weighted by Crippen LogP contribution is -2.49. The first-order chi connectivity index (χ1) is 12.0. The molecule has 0 radical (unpaired) electrons. The van der Waals surface area contributed by atoms with Gasteiger partial charge in [0.2, 0.25) is 0 Å². The van der Waals surface area contributed by atoms with E-state index >= 15 is 0 Å². The van der Waals surface area contributed by atoms with Crippen molar-refractivity contribution >= 4 is 12.1 Å². The largest absolute Gasteiger partial charge is 0.450 e. The first-order valence-electron chi connectivity index (χ1n) is 8.52. The second-order valence-corrected chi connectivity index (χ2v) is 6.03. The molecule has 1 heterocycles.